The number of allylic oxidation sites excluding steroid dienone is 2. The molecule has 2 aliphatic heterocycles. The highest BCUT2D eigenvalue weighted by atomic mass is 32.2. The van der Waals surface area contributed by atoms with Gasteiger partial charge in [0, 0.05) is 30.8 Å². The normalized spacial score (nSPS) is 13.8. The van der Waals surface area contributed by atoms with E-state index in [1.807, 2.05) is 65.3 Å². The molecular weight excluding hydrogens is 476 g/mol. The number of urea groups is 1. The summed E-state index contributed by atoms with van der Waals surface area (Å²) >= 11 is 1.46. The van der Waals surface area contributed by atoms with Crippen LogP contribution in [0, 0.1) is 0 Å². The number of carboxylic acids is 1. The van der Waals surface area contributed by atoms with Crippen LogP contribution in [0.5, 0.6) is 11.5 Å². The van der Waals surface area contributed by atoms with Crippen molar-refractivity contribution in [3.8, 4) is 22.6 Å². The minimum absolute atomic E-state index is 0.0999. The Morgan fingerprint density at radius 1 is 1.03 bits per heavy atom. The van der Waals surface area contributed by atoms with Crippen LogP contribution >= 0.6 is 12.1 Å². The number of rotatable bonds is 6. The van der Waals surface area contributed by atoms with Gasteiger partial charge in [-0.2, -0.15) is 0 Å². The molecule has 0 bridgehead atoms. The molecule has 5 rings (SSSR count). The predicted octanol–water partition coefficient (Wildman–Crippen LogP) is 5.71. The number of ether oxygens (including phenoxy) is 1. The molecule has 0 aliphatic carbocycles. The van der Waals surface area contributed by atoms with Crippen LogP contribution in [0.25, 0.3) is 11.1 Å². The third kappa shape index (κ3) is 4.91. The highest BCUT2D eigenvalue weighted by Crippen LogP contribution is 2.30. The van der Waals surface area contributed by atoms with Crippen LogP contribution in [0.15, 0.2) is 109 Å². The Morgan fingerprint density at radius 2 is 1.83 bits per heavy atom. The standard InChI is InChI=1S/C27H22N4O4S/c1-30(27(34)29-20-13-14-31-22(16-20)17-28-36-31)21-6-4-5-19(15-21)18-9-11-23(12-10-18)35-25-8-3-2-7-24(25)26(32)33/h2-17,28H,1H3,(H,29,34)(H,32,33). The SMILES string of the molecule is CN(C(=O)NC1=CC2=CNSN2C=C1)c1cccc(-c2ccc(Oc3ccccc3C(=O)O)cc2)c1. The van der Waals surface area contributed by atoms with Gasteiger partial charge in [-0.25, -0.2) is 9.59 Å². The molecule has 0 aromatic heterocycles. The fourth-order valence-electron chi connectivity index (χ4n) is 3.71. The zero-order valence-electron chi connectivity index (χ0n) is 19.2. The largest absolute Gasteiger partial charge is 0.478 e. The number of anilines is 1. The molecular formula is C27H22N4O4S. The quantitative estimate of drug-likeness (QED) is 0.375. The first kappa shape index (κ1) is 23.1. The minimum Gasteiger partial charge on any atom is -0.478 e. The zero-order valence-corrected chi connectivity index (χ0v) is 20.0. The predicted molar refractivity (Wildman–Crippen MR) is 140 cm³/mol. The van der Waals surface area contributed by atoms with E-state index in [1.165, 1.54) is 18.2 Å². The zero-order chi connectivity index (χ0) is 25.1. The Kier molecular flexibility index (Phi) is 6.38. The molecule has 8 nitrogen and oxygen atoms in total. The second kappa shape index (κ2) is 9.93. The van der Waals surface area contributed by atoms with Crippen molar-refractivity contribution < 1.29 is 19.4 Å². The van der Waals surface area contributed by atoms with Gasteiger partial charge in [0.25, 0.3) is 0 Å². The fraction of sp³-hybridized carbons (Fsp3) is 0.0370. The molecule has 0 unspecified atom stereocenters. The monoisotopic (exact) mass is 498 g/mol. The number of para-hydroxylation sites is 1. The molecule has 2 aliphatic rings. The first-order chi connectivity index (χ1) is 17.5. The lowest BCUT2D eigenvalue weighted by Gasteiger charge is -2.22. The first-order valence-corrected chi connectivity index (χ1v) is 11.8. The minimum atomic E-state index is -1.04. The van der Waals surface area contributed by atoms with Crippen molar-refractivity contribution in [2.75, 3.05) is 11.9 Å². The lowest BCUT2D eigenvalue weighted by molar-refractivity contribution is 0.0694. The van der Waals surface area contributed by atoms with Crippen molar-refractivity contribution in [1.82, 2.24) is 14.3 Å². The molecule has 2 heterocycles. The molecule has 3 N–H and O–H groups in total. The third-order valence-corrected chi connectivity index (χ3v) is 6.38. The van der Waals surface area contributed by atoms with Gasteiger partial charge in [-0.1, -0.05) is 36.4 Å². The summed E-state index contributed by atoms with van der Waals surface area (Å²) in [6.07, 6.45) is 7.50. The summed E-state index contributed by atoms with van der Waals surface area (Å²) < 4.78 is 10.8. The Balaban J connectivity index is 1.28. The van der Waals surface area contributed by atoms with E-state index >= 15 is 0 Å². The summed E-state index contributed by atoms with van der Waals surface area (Å²) in [5.74, 6) is -0.239. The van der Waals surface area contributed by atoms with Gasteiger partial charge in [0.05, 0.1) is 17.8 Å². The Bertz CT molecular complexity index is 1420. The first-order valence-electron chi connectivity index (χ1n) is 11.0. The lowest BCUT2D eigenvalue weighted by atomic mass is 10.0. The lowest BCUT2D eigenvalue weighted by Crippen LogP contribution is -2.37. The highest BCUT2D eigenvalue weighted by Gasteiger charge is 2.19. The van der Waals surface area contributed by atoms with Crippen molar-refractivity contribution >= 4 is 29.8 Å². The van der Waals surface area contributed by atoms with Crippen LogP contribution in [0.1, 0.15) is 10.4 Å². The third-order valence-electron chi connectivity index (χ3n) is 5.63. The van der Waals surface area contributed by atoms with Crippen molar-refractivity contribution in [2.45, 2.75) is 0 Å². The molecule has 36 heavy (non-hydrogen) atoms. The van der Waals surface area contributed by atoms with Gasteiger partial charge in [0.1, 0.15) is 17.1 Å². The van der Waals surface area contributed by atoms with E-state index in [1.54, 1.807) is 42.3 Å². The number of carboxylic acid groups (broad SMARTS) is 1. The smallest absolute Gasteiger partial charge is 0.339 e. The average Bonchev–Trinajstić information content (AvgIpc) is 3.37. The maximum Gasteiger partial charge on any atom is 0.339 e. The maximum absolute atomic E-state index is 12.9. The van der Waals surface area contributed by atoms with Gasteiger partial charge in [0.2, 0.25) is 0 Å². The molecule has 0 spiro atoms. The van der Waals surface area contributed by atoms with E-state index in [0.29, 0.717) is 11.4 Å². The van der Waals surface area contributed by atoms with Crippen LogP contribution < -0.4 is 19.7 Å². The van der Waals surface area contributed by atoms with E-state index in [-0.39, 0.29) is 17.3 Å². The molecule has 3 aromatic carbocycles. The number of nitrogens with zero attached hydrogens (tertiary/aromatic N) is 2. The summed E-state index contributed by atoms with van der Waals surface area (Å²) in [5.41, 5.74) is 4.36. The number of benzene rings is 3. The Labute approximate surface area is 212 Å². The topological polar surface area (TPSA) is 94.1 Å². The van der Waals surface area contributed by atoms with E-state index in [2.05, 4.69) is 10.0 Å². The molecule has 0 saturated carbocycles. The maximum atomic E-state index is 12.9. The molecule has 0 radical (unpaired) electrons. The number of hydrogen-bond donors (Lipinski definition) is 3. The number of hydrogen-bond acceptors (Lipinski definition) is 6. The molecule has 2 amide bonds. The molecule has 180 valence electrons. The molecule has 0 fully saturated rings. The van der Waals surface area contributed by atoms with Gasteiger partial charge in [0.15, 0.2) is 0 Å². The van der Waals surface area contributed by atoms with E-state index in [9.17, 15) is 14.7 Å². The summed E-state index contributed by atoms with van der Waals surface area (Å²) in [7, 11) is 1.72. The molecule has 0 saturated heterocycles. The fourth-order valence-corrected chi connectivity index (χ4v) is 4.33. The van der Waals surface area contributed by atoms with Crippen LogP contribution in [-0.4, -0.2) is 28.5 Å². The van der Waals surface area contributed by atoms with E-state index < -0.39 is 5.97 Å². The van der Waals surface area contributed by atoms with Crippen molar-refractivity contribution in [2.24, 2.45) is 0 Å². The summed E-state index contributed by atoms with van der Waals surface area (Å²) in [4.78, 5) is 25.8. The van der Waals surface area contributed by atoms with Gasteiger partial charge < -0.3 is 19.9 Å². The number of fused-ring (bicyclic) bond motifs is 1. The van der Waals surface area contributed by atoms with Gasteiger partial charge >= 0.3 is 12.0 Å². The molecule has 0 atom stereocenters. The average molecular weight is 499 g/mol. The van der Waals surface area contributed by atoms with Crippen molar-refractivity contribution in [3.05, 3.63) is 114 Å². The van der Waals surface area contributed by atoms with Gasteiger partial charge in [-0.3, -0.25) is 9.21 Å². The van der Waals surface area contributed by atoms with Crippen LogP contribution in [-0.2, 0) is 0 Å². The summed E-state index contributed by atoms with van der Waals surface area (Å²) in [6, 6.07) is 21.3. The molecule has 9 heteroatoms. The Hall–Kier alpha value is -4.63. The number of carbonyl (C=O) groups is 2. The Morgan fingerprint density at radius 3 is 2.64 bits per heavy atom. The van der Waals surface area contributed by atoms with Crippen LogP contribution in [0.2, 0.25) is 0 Å². The van der Waals surface area contributed by atoms with Crippen molar-refractivity contribution in [3.63, 3.8) is 0 Å². The number of carbonyl (C=O) groups excluding carboxylic acids is 1. The summed E-state index contributed by atoms with van der Waals surface area (Å²) in [5, 5.41) is 12.3. The molecule has 3 aromatic rings. The van der Waals surface area contributed by atoms with E-state index in [4.69, 9.17) is 4.74 Å². The van der Waals surface area contributed by atoms with Crippen molar-refractivity contribution in [1.29, 1.82) is 0 Å². The number of nitrogens with one attached hydrogen (secondary N) is 2. The second-order valence-electron chi connectivity index (χ2n) is 7.99. The number of amides is 2. The van der Waals surface area contributed by atoms with Crippen LogP contribution in [0.3, 0.4) is 0 Å². The summed E-state index contributed by atoms with van der Waals surface area (Å²) in [6.45, 7) is 0. The van der Waals surface area contributed by atoms with Crippen LogP contribution in [0.4, 0.5) is 10.5 Å². The highest BCUT2D eigenvalue weighted by molar-refractivity contribution is 7.95. The number of aromatic carboxylic acids is 1. The van der Waals surface area contributed by atoms with E-state index in [0.717, 1.165) is 22.5 Å². The van der Waals surface area contributed by atoms with Gasteiger partial charge in [-0.15, -0.1) is 0 Å². The second-order valence-corrected chi connectivity index (χ2v) is 8.80. The van der Waals surface area contributed by atoms with Gasteiger partial charge in [-0.05, 0) is 59.7 Å².